The van der Waals surface area contributed by atoms with E-state index in [1.165, 1.54) is 17.0 Å². The summed E-state index contributed by atoms with van der Waals surface area (Å²) < 4.78 is 5.00. The normalized spacial score (nSPS) is 11.7. The minimum atomic E-state index is -0.795. The van der Waals surface area contributed by atoms with Crippen LogP contribution >= 0.6 is 23.2 Å². The monoisotopic (exact) mass is 366 g/mol. The molecular weight excluding hydrogens is 351 g/mol. The van der Waals surface area contributed by atoms with E-state index in [9.17, 15) is 9.59 Å². The van der Waals surface area contributed by atoms with Crippen molar-refractivity contribution in [3.8, 4) is 0 Å². The van der Waals surface area contributed by atoms with Crippen molar-refractivity contribution in [1.29, 1.82) is 0 Å². The summed E-state index contributed by atoms with van der Waals surface area (Å²) in [4.78, 5) is 29.5. The zero-order chi connectivity index (χ0) is 17.7. The Bertz CT molecular complexity index is 738. The van der Waals surface area contributed by atoms with Crippen molar-refractivity contribution in [2.45, 2.75) is 13.0 Å². The van der Waals surface area contributed by atoms with Crippen molar-refractivity contribution in [3.05, 3.63) is 63.9 Å². The van der Waals surface area contributed by atoms with E-state index in [4.69, 9.17) is 27.9 Å². The molecule has 24 heavy (non-hydrogen) atoms. The molecule has 0 saturated carbocycles. The van der Waals surface area contributed by atoms with Gasteiger partial charge in [-0.3, -0.25) is 4.79 Å². The van der Waals surface area contributed by atoms with Crippen LogP contribution < -0.4 is 0 Å². The second kappa shape index (κ2) is 8.13. The third-order valence-corrected chi connectivity index (χ3v) is 4.10. The number of pyridine rings is 1. The van der Waals surface area contributed by atoms with Crippen molar-refractivity contribution in [2.24, 2.45) is 0 Å². The number of hydrogen-bond acceptors (Lipinski definition) is 4. The second-order valence-electron chi connectivity index (χ2n) is 5.13. The Kier molecular flexibility index (Phi) is 6.17. The highest BCUT2D eigenvalue weighted by Gasteiger charge is 2.20. The minimum absolute atomic E-state index is 0.114. The van der Waals surface area contributed by atoms with Gasteiger partial charge in [-0.05, 0) is 24.6 Å². The summed E-state index contributed by atoms with van der Waals surface area (Å²) in [7, 11) is 1.65. The Balaban J connectivity index is 1.97. The van der Waals surface area contributed by atoms with Gasteiger partial charge in [0.15, 0.2) is 12.3 Å². The van der Waals surface area contributed by atoms with Gasteiger partial charge in [0.05, 0.1) is 11.1 Å². The lowest BCUT2D eigenvalue weighted by molar-refractivity contribution is -0.135. The fourth-order valence-electron chi connectivity index (χ4n) is 2.03. The first-order valence-corrected chi connectivity index (χ1v) is 7.95. The predicted molar refractivity (Wildman–Crippen MR) is 92.2 cm³/mol. The van der Waals surface area contributed by atoms with Gasteiger partial charge in [-0.2, -0.15) is 0 Å². The number of nitrogens with zero attached hydrogens (tertiary/aromatic N) is 2. The zero-order valence-electron chi connectivity index (χ0n) is 13.2. The van der Waals surface area contributed by atoms with E-state index < -0.39 is 12.6 Å². The summed E-state index contributed by atoms with van der Waals surface area (Å²) in [5, 5.41) is 0.232. The number of aromatic nitrogens is 1. The number of esters is 1. The molecule has 1 unspecified atom stereocenters. The van der Waals surface area contributed by atoms with E-state index in [1.54, 1.807) is 7.05 Å². The van der Waals surface area contributed by atoms with Crippen LogP contribution in [0.1, 0.15) is 29.0 Å². The molecule has 1 atom stereocenters. The summed E-state index contributed by atoms with van der Waals surface area (Å²) in [6.07, 6.45) is 0. The molecule has 1 amide bonds. The number of carbonyl (C=O) groups is 2. The largest absolute Gasteiger partial charge is 0.451 e. The van der Waals surface area contributed by atoms with Crippen molar-refractivity contribution in [1.82, 2.24) is 9.88 Å². The molecule has 0 bridgehead atoms. The average Bonchev–Trinajstić information content (AvgIpc) is 2.60. The molecular formula is C17H16Cl2N2O3. The summed E-state index contributed by atoms with van der Waals surface area (Å²) in [6.45, 7) is 1.49. The van der Waals surface area contributed by atoms with Crippen LogP contribution in [-0.2, 0) is 9.53 Å². The molecule has 2 aromatic rings. The summed E-state index contributed by atoms with van der Waals surface area (Å²) >= 11 is 11.6. The topological polar surface area (TPSA) is 59.5 Å². The van der Waals surface area contributed by atoms with Gasteiger partial charge in [0.2, 0.25) is 0 Å². The van der Waals surface area contributed by atoms with E-state index >= 15 is 0 Å². The highest BCUT2D eigenvalue weighted by Crippen LogP contribution is 2.19. The van der Waals surface area contributed by atoms with E-state index in [0.29, 0.717) is 0 Å². The highest BCUT2D eigenvalue weighted by molar-refractivity contribution is 6.34. The molecule has 5 nitrogen and oxygen atoms in total. The fourth-order valence-corrected chi connectivity index (χ4v) is 2.36. The third-order valence-electron chi connectivity index (χ3n) is 3.59. The Morgan fingerprint density at radius 1 is 1.17 bits per heavy atom. The molecule has 1 heterocycles. The van der Waals surface area contributed by atoms with Crippen LogP contribution in [0.4, 0.5) is 0 Å². The van der Waals surface area contributed by atoms with Crippen molar-refractivity contribution >= 4 is 35.1 Å². The first kappa shape index (κ1) is 18.2. The summed E-state index contributed by atoms with van der Waals surface area (Å²) in [6, 6.07) is 12.3. The Morgan fingerprint density at radius 2 is 1.83 bits per heavy atom. The molecule has 2 rings (SSSR count). The molecule has 0 spiro atoms. The number of rotatable bonds is 5. The molecule has 0 aliphatic heterocycles. The molecule has 0 N–H and O–H groups in total. The number of benzene rings is 1. The van der Waals surface area contributed by atoms with E-state index in [1.807, 2.05) is 37.3 Å². The van der Waals surface area contributed by atoms with Gasteiger partial charge in [0.25, 0.3) is 5.91 Å². The maximum Gasteiger partial charge on any atom is 0.359 e. The first-order chi connectivity index (χ1) is 11.4. The maximum atomic E-state index is 12.2. The molecule has 0 saturated heterocycles. The molecule has 0 fully saturated rings. The van der Waals surface area contributed by atoms with Gasteiger partial charge in [-0.15, -0.1) is 0 Å². The number of amides is 1. The molecule has 0 aliphatic rings. The lowest BCUT2D eigenvalue weighted by Gasteiger charge is -2.25. The smallest absolute Gasteiger partial charge is 0.359 e. The average molecular weight is 367 g/mol. The van der Waals surface area contributed by atoms with Crippen LogP contribution in [0.15, 0.2) is 42.5 Å². The molecule has 126 valence electrons. The Morgan fingerprint density at radius 3 is 2.50 bits per heavy atom. The number of carbonyl (C=O) groups excluding carboxylic acids is 2. The highest BCUT2D eigenvalue weighted by atomic mass is 35.5. The lowest BCUT2D eigenvalue weighted by Crippen LogP contribution is -2.33. The number of halogens is 2. The SMILES string of the molecule is CC(c1ccccc1)N(C)C(=O)COC(=O)c1nc(Cl)ccc1Cl. The van der Waals surface area contributed by atoms with Crippen molar-refractivity contribution in [3.63, 3.8) is 0 Å². The van der Waals surface area contributed by atoms with Crippen molar-refractivity contribution in [2.75, 3.05) is 13.7 Å². The van der Waals surface area contributed by atoms with Crippen molar-refractivity contribution < 1.29 is 14.3 Å². The lowest BCUT2D eigenvalue weighted by atomic mass is 10.1. The number of likely N-dealkylation sites (N-methyl/N-ethyl adjacent to an activating group) is 1. The molecule has 1 aromatic carbocycles. The molecule has 0 aliphatic carbocycles. The minimum Gasteiger partial charge on any atom is -0.451 e. The van der Waals surface area contributed by atoms with Gasteiger partial charge >= 0.3 is 5.97 Å². The molecule has 7 heteroatoms. The van der Waals surface area contributed by atoms with Gasteiger partial charge in [0.1, 0.15) is 5.15 Å². The summed E-state index contributed by atoms with van der Waals surface area (Å²) in [5.74, 6) is -1.13. The fraction of sp³-hybridized carbons (Fsp3) is 0.235. The maximum absolute atomic E-state index is 12.2. The quantitative estimate of drug-likeness (QED) is 0.596. The van der Waals surface area contributed by atoms with Gasteiger partial charge in [0, 0.05) is 7.05 Å². The standard InChI is InChI=1S/C17H16Cl2N2O3/c1-11(12-6-4-3-5-7-12)21(2)15(22)10-24-17(23)16-13(18)8-9-14(19)20-16/h3-9,11H,10H2,1-2H3. The van der Waals surface area contributed by atoms with E-state index in [2.05, 4.69) is 4.98 Å². The summed E-state index contributed by atoms with van der Waals surface area (Å²) in [5.41, 5.74) is 0.870. The van der Waals surface area contributed by atoms with Crippen LogP contribution in [-0.4, -0.2) is 35.4 Å². The Hall–Kier alpha value is -2.11. The van der Waals surface area contributed by atoms with Crippen LogP contribution in [0.5, 0.6) is 0 Å². The van der Waals surface area contributed by atoms with Crippen LogP contribution in [0.3, 0.4) is 0 Å². The van der Waals surface area contributed by atoms with Gasteiger partial charge in [-0.25, -0.2) is 9.78 Å². The number of hydrogen-bond donors (Lipinski definition) is 0. The predicted octanol–water partition coefficient (Wildman–Crippen LogP) is 3.76. The van der Waals surface area contributed by atoms with Gasteiger partial charge < -0.3 is 9.64 Å². The first-order valence-electron chi connectivity index (χ1n) is 7.20. The number of ether oxygens (including phenoxy) is 1. The van der Waals surface area contributed by atoms with Crippen LogP contribution in [0.2, 0.25) is 10.2 Å². The van der Waals surface area contributed by atoms with E-state index in [-0.39, 0.29) is 27.8 Å². The molecule has 0 radical (unpaired) electrons. The zero-order valence-corrected chi connectivity index (χ0v) is 14.7. The van der Waals surface area contributed by atoms with Crippen LogP contribution in [0, 0.1) is 0 Å². The second-order valence-corrected chi connectivity index (χ2v) is 5.93. The Labute approximate surface area is 150 Å². The van der Waals surface area contributed by atoms with E-state index in [0.717, 1.165) is 5.56 Å². The van der Waals surface area contributed by atoms with Gasteiger partial charge in [-0.1, -0.05) is 53.5 Å². The van der Waals surface area contributed by atoms with Crippen LogP contribution in [0.25, 0.3) is 0 Å². The molecule has 1 aromatic heterocycles. The third kappa shape index (κ3) is 4.46.